The number of rotatable bonds is 7. The van der Waals surface area contributed by atoms with Gasteiger partial charge in [0.15, 0.2) is 0 Å². The topological polar surface area (TPSA) is 114 Å². The van der Waals surface area contributed by atoms with E-state index in [2.05, 4.69) is 41.5 Å². The fourth-order valence-electron chi connectivity index (χ4n) is 5.68. The van der Waals surface area contributed by atoms with Gasteiger partial charge in [0.05, 0.1) is 0 Å². The molecule has 0 radical (unpaired) electrons. The first kappa shape index (κ1) is 33.0. The lowest BCUT2D eigenvalue weighted by Crippen LogP contribution is -2.37. The van der Waals surface area contributed by atoms with E-state index in [1.54, 1.807) is 20.8 Å². The molecule has 9 nitrogen and oxygen atoms in total. The molecule has 0 N–H and O–H groups in total. The average Bonchev–Trinajstić information content (AvgIpc) is 2.81. The van der Waals surface area contributed by atoms with Gasteiger partial charge in [0.2, 0.25) is 0 Å². The van der Waals surface area contributed by atoms with Crippen molar-refractivity contribution in [2.75, 3.05) is 0 Å². The zero-order chi connectivity index (χ0) is 29.6. The van der Waals surface area contributed by atoms with Gasteiger partial charge < -0.3 is 14.2 Å². The van der Waals surface area contributed by atoms with E-state index in [0.29, 0.717) is 24.7 Å². The van der Waals surface area contributed by atoms with Gasteiger partial charge >= 0.3 is 23.9 Å². The van der Waals surface area contributed by atoms with Crippen LogP contribution < -0.4 is 0 Å². The highest BCUT2D eigenvalue weighted by Gasteiger charge is 2.35. The van der Waals surface area contributed by atoms with E-state index in [1.165, 1.54) is 0 Å². The van der Waals surface area contributed by atoms with Crippen molar-refractivity contribution in [3.8, 4) is 0 Å². The molecule has 0 aromatic heterocycles. The zero-order valence-corrected chi connectivity index (χ0v) is 25.4. The molecule has 2 aliphatic rings. The number of ether oxygens (including phenoxy) is 3. The molecule has 2 fully saturated rings. The Hall–Kier alpha value is -2.16. The van der Waals surface area contributed by atoms with Gasteiger partial charge in [-0.2, -0.15) is 4.89 Å². The van der Waals surface area contributed by atoms with Crippen molar-refractivity contribution < 1.29 is 43.2 Å². The summed E-state index contributed by atoms with van der Waals surface area (Å²) in [6, 6.07) is 0. The van der Waals surface area contributed by atoms with Crippen LogP contribution in [0.1, 0.15) is 120 Å². The Bertz CT molecular complexity index is 849. The Balaban J connectivity index is 1.69. The first-order chi connectivity index (χ1) is 17.9. The van der Waals surface area contributed by atoms with Gasteiger partial charge in [0.1, 0.15) is 23.9 Å². The summed E-state index contributed by atoms with van der Waals surface area (Å²) < 4.78 is 15.9. The van der Waals surface area contributed by atoms with Crippen molar-refractivity contribution in [2.24, 2.45) is 22.7 Å². The van der Waals surface area contributed by atoms with Gasteiger partial charge in [0.25, 0.3) is 0 Å². The zero-order valence-electron chi connectivity index (χ0n) is 25.4. The van der Waals surface area contributed by atoms with Crippen LogP contribution in [0.25, 0.3) is 0 Å². The fraction of sp³-hybridized carbons (Fsp3) is 0.867. The molecule has 0 aromatic rings. The Morgan fingerprint density at radius 2 is 1.00 bits per heavy atom. The number of carbonyl (C=O) groups excluding carboxylic acids is 4. The molecule has 0 amide bonds. The Morgan fingerprint density at radius 3 is 1.38 bits per heavy atom. The van der Waals surface area contributed by atoms with Gasteiger partial charge in [-0.15, -0.1) is 0 Å². The standard InChI is InChI=1S/C30H50O9/c1-19(35-24(31)25(32)36-22-14-10-20(11-15-22)28(2,3)4)18-30(8,9)39-38-27(34)26(33)37-23-16-12-21(13-17-23)29(5,6)7/h19-23H,10-18H2,1-9H3. The minimum atomic E-state index is -1.24. The van der Waals surface area contributed by atoms with E-state index in [9.17, 15) is 19.2 Å². The monoisotopic (exact) mass is 554 g/mol. The lowest BCUT2D eigenvalue weighted by Gasteiger charge is -2.36. The normalized spacial score (nSPS) is 25.3. The molecular formula is C30H50O9. The summed E-state index contributed by atoms with van der Waals surface area (Å²) in [5.74, 6) is -3.30. The second kappa shape index (κ2) is 13.5. The van der Waals surface area contributed by atoms with E-state index < -0.39 is 35.6 Å². The fourth-order valence-corrected chi connectivity index (χ4v) is 5.68. The van der Waals surface area contributed by atoms with E-state index in [1.807, 2.05) is 0 Å². The predicted molar refractivity (Wildman–Crippen MR) is 144 cm³/mol. The minimum Gasteiger partial charge on any atom is -0.454 e. The minimum absolute atomic E-state index is 0.0991. The van der Waals surface area contributed by atoms with Gasteiger partial charge in [-0.1, -0.05) is 41.5 Å². The largest absolute Gasteiger partial charge is 0.454 e. The first-order valence-corrected chi connectivity index (χ1v) is 14.4. The molecule has 9 heteroatoms. The van der Waals surface area contributed by atoms with E-state index in [4.69, 9.17) is 24.0 Å². The van der Waals surface area contributed by atoms with Gasteiger partial charge in [0, 0.05) is 6.42 Å². The van der Waals surface area contributed by atoms with Crippen LogP contribution >= 0.6 is 0 Å². The van der Waals surface area contributed by atoms with Crippen LogP contribution in [0.15, 0.2) is 0 Å². The van der Waals surface area contributed by atoms with E-state index in [-0.39, 0.29) is 29.5 Å². The Labute approximate surface area is 233 Å². The molecule has 2 saturated carbocycles. The molecule has 0 heterocycles. The third-order valence-corrected chi connectivity index (χ3v) is 8.11. The second-order valence-corrected chi connectivity index (χ2v) is 14.1. The molecule has 224 valence electrons. The SMILES string of the molecule is CC(CC(C)(C)OOC(=O)C(=O)OC1CCC(C(C)(C)C)CC1)OC(=O)C(=O)OC1CCC(C(C)(C)C)CC1. The van der Waals surface area contributed by atoms with Gasteiger partial charge in [-0.3, -0.25) is 4.89 Å². The number of hydrogen-bond donors (Lipinski definition) is 0. The van der Waals surface area contributed by atoms with Gasteiger partial charge in [-0.25, -0.2) is 19.2 Å². The summed E-state index contributed by atoms with van der Waals surface area (Å²) in [4.78, 5) is 58.8. The summed E-state index contributed by atoms with van der Waals surface area (Å²) in [7, 11) is 0. The highest BCUT2D eigenvalue weighted by molar-refractivity contribution is 6.30. The summed E-state index contributed by atoms with van der Waals surface area (Å²) >= 11 is 0. The molecule has 0 bridgehead atoms. The Morgan fingerprint density at radius 1 is 0.615 bits per heavy atom. The Kier molecular flexibility index (Phi) is 11.4. The van der Waals surface area contributed by atoms with Crippen molar-refractivity contribution in [2.45, 2.75) is 144 Å². The summed E-state index contributed by atoms with van der Waals surface area (Å²) in [6.45, 7) is 18.0. The van der Waals surface area contributed by atoms with Crippen molar-refractivity contribution in [1.82, 2.24) is 0 Å². The van der Waals surface area contributed by atoms with E-state index in [0.717, 1.165) is 38.5 Å². The first-order valence-electron chi connectivity index (χ1n) is 14.4. The molecule has 0 saturated heterocycles. The number of hydrogen-bond acceptors (Lipinski definition) is 9. The molecule has 39 heavy (non-hydrogen) atoms. The molecule has 1 unspecified atom stereocenters. The third-order valence-electron chi connectivity index (χ3n) is 8.11. The molecular weight excluding hydrogens is 504 g/mol. The third kappa shape index (κ3) is 11.1. The smallest absolute Gasteiger partial charge is 0.449 e. The molecule has 0 spiro atoms. The molecule has 2 aliphatic carbocycles. The predicted octanol–water partition coefficient (Wildman–Crippen LogP) is 5.86. The highest BCUT2D eigenvalue weighted by atomic mass is 17.2. The van der Waals surface area contributed by atoms with Crippen LogP contribution in [0.2, 0.25) is 0 Å². The van der Waals surface area contributed by atoms with Crippen LogP contribution in [-0.4, -0.2) is 47.8 Å². The summed E-state index contributed by atoms with van der Waals surface area (Å²) in [5.41, 5.74) is -0.696. The summed E-state index contributed by atoms with van der Waals surface area (Å²) in [6.07, 6.45) is 5.38. The van der Waals surface area contributed by atoms with E-state index >= 15 is 0 Å². The maximum atomic E-state index is 12.3. The van der Waals surface area contributed by atoms with Crippen LogP contribution in [0.5, 0.6) is 0 Å². The van der Waals surface area contributed by atoms with Crippen LogP contribution in [0.3, 0.4) is 0 Å². The highest BCUT2D eigenvalue weighted by Crippen LogP contribution is 2.39. The van der Waals surface area contributed by atoms with Crippen molar-refractivity contribution in [3.63, 3.8) is 0 Å². The molecule has 2 rings (SSSR count). The van der Waals surface area contributed by atoms with Crippen LogP contribution in [0, 0.1) is 22.7 Å². The molecule has 0 aromatic carbocycles. The summed E-state index contributed by atoms with van der Waals surface area (Å²) in [5, 5.41) is 0. The number of esters is 3. The van der Waals surface area contributed by atoms with Crippen molar-refractivity contribution >= 4 is 23.9 Å². The van der Waals surface area contributed by atoms with Crippen LogP contribution in [-0.2, 0) is 43.2 Å². The second-order valence-electron chi connectivity index (χ2n) is 14.1. The lowest BCUT2D eigenvalue weighted by molar-refractivity contribution is -0.327. The average molecular weight is 555 g/mol. The maximum Gasteiger partial charge on any atom is 0.449 e. The van der Waals surface area contributed by atoms with Gasteiger partial charge in [-0.05, 0) is 94.8 Å². The molecule has 0 aliphatic heterocycles. The van der Waals surface area contributed by atoms with Crippen molar-refractivity contribution in [3.05, 3.63) is 0 Å². The van der Waals surface area contributed by atoms with Crippen LogP contribution in [0.4, 0.5) is 0 Å². The molecule has 1 atom stereocenters. The maximum absolute atomic E-state index is 12.3. The van der Waals surface area contributed by atoms with Crippen molar-refractivity contribution in [1.29, 1.82) is 0 Å². The number of carbonyl (C=O) groups is 4. The lowest BCUT2D eigenvalue weighted by atomic mass is 9.72. The quantitative estimate of drug-likeness (QED) is 0.125.